The molecule has 2 aliphatic rings. The van der Waals surface area contributed by atoms with Crippen molar-refractivity contribution >= 4 is 28.9 Å². The van der Waals surface area contributed by atoms with Crippen LogP contribution in [0.4, 0.5) is 17.1 Å². The second kappa shape index (κ2) is 9.49. The van der Waals surface area contributed by atoms with Gasteiger partial charge >= 0.3 is 0 Å². The summed E-state index contributed by atoms with van der Waals surface area (Å²) in [6.07, 6.45) is 0.874. The summed E-state index contributed by atoms with van der Waals surface area (Å²) in [6.45, 7) is 5.93. The monoisotopic (exact) mass is 422 g/mol. The number of ether oxygens (including phenoxy) is 1. The number of nitrogens with one attached hydrogen (secondary N) is 1. The maximum absolute atomic E-state index is 13.0. The average Bonchev–Trinajstić information content (AvgIpc) is 3.23. The summed E-state index contributed by atoms with van der Waals surface area (Å²) >= 11 is 0. The largest absolute Gasteiger partial charge is 0.378 e. The first kappa shape index (κ1) is 21.3. The molecule has 7 nitrogen and oxygen atoms in total. The van der Waals surface area contributed by atoms with E-state index in [2.05, 4.69) is 16.3 Å². The van der Waals surface area contributed by atoms with Crippen LogP contribution in [-0.2, 0) is 20.7 Å². The predicted molar refractivity (Wildman–Crippen MR) is 123 cm³/mol. The lowest BCUT2D eigenvalue weighted by molar-refractivity contribution is -0.124. The maximum Gasteiger partial charge on any atom is 0.244 e. The van der Waals surface area contributed by atoms with E-state index in [0.717, 1.165) is 49.8 Å². The fourth-order valence-electron chi connectivity index (χ4n) is 4.12. The van der Waals surface area contributed by atoms with Gasteiger partial charge in [0.15, 0.2) is 0 Å². The number of carbonyl (C=O) groups excluding carboxylic acids is 2. The van der Waals surface area contributed by atoms with Crippen molar-refractivity contribution in [2.75, 3.05) is 61.6 Å². The van der Waals surface area contributed by atoms with Crippen molar-refractivity contribution in [3.8, 4) is 0 Å². The molecule has 1 atom stereocenters. The molecule has 0 radical (unpaired) electrons. The maximum atomic E-state index is 13.0. The van der Waals surface area contributed by atoms with E-state index in [1.165, 1.54) is 5.56 Å². The molecule has 2 amide bonds. The third-order valence-corrected chi connectivity index (χ3v) is 6.09. The van der Waals surface area contributed by atoms with Crippen molar-refractivity contribution in [3.05, 3.63) is 54.1 Å². The number of benzene rings is 2. The van der Waals surface area contributed by atoms with Gasteiger partial charge in [-0.15, -0.1) is 0 Å². The van der Waals surface area contributed by atoms with Crippen LogP contribution in [0.1, 0.15) is 12.5 Å². The zero-order chi connectivity index (χ0) is 21.8. The number of hydrogen-bond acceptors (Lipinski definition) is 5. The number of morpholine rings is 1. The van der Waals surface area contributed by atoms with Gasteiger partial charge < -0.3 is 19.9 Å². The number of anilines is 3. The van der Waals surface area contributed by atoms with Crippen molar-refractivity contribution < 1.29 is 14.3 Å². The normalized spacial score (nSPS) is 16.9. The Bertz CT molecular complexity index is 925. The third kappa shape index (κ3) is 4.89. The highest BCUT2D eigenvalue weighted by atomic mass is 16.5. The molecule has 7 heteroatoms. The summed E-state index contributed by atoms with van der Waals surface area (Å²) in [6, 6.07) is 15.5. The molecule has 0 aliphatic carbocycles. The van der Waals surface area contributed by atoms with E-state index in [1.54, 1.807) is 4.90 Å². The molecule has 2 heterocycles. The zero-order valence-electron chi connectivity index (χ0n) is 18.2. The fourth-order valence-corrected chi connectivity index (χ4v) is 4.12. The average molecular weight is 423 g/mol. The molecule has 1 fully saturated rings. The fraction of sp³-hybridized carbons (Fsp3) is 0.417. The lowest BCUT2D eigenvalue weighted by Crippen LogP contribution is -2.47. The van der Waals surface area contributed by atoms with Gasteiger partial charge in [-0.2, -0.15) is 0 Å². The smallest absolute Gasteiger partial charge is 0.244 e. The minimum atomic E-state index is -0.388. The summed E-state index contributed by atoms with van der Waals surface area (Å²) in [7, 11) is 1.81. The molecule has 164 valence electrons. The minimum Gasteiger partial charge on any atom is -0.378 e. The van der Waals surface area contributed by atoms with Crippen molar-refractivity contribution in [2.24, 2.45) is 0 Å². The van der Waals surface area contributed by atoms with Gasteiger partial charge in [-0.1, -0.05) is 18.2 Å². The highest BCUT2D eigenvalue weighted by molar-refractivity contribution is 5.99. The van der Waals surface area contributed by atoms with E-state index in [9.17, 15) is 9.59 Å². The first-order valence-corrected chi connectivity index (χ1v) is 10.8. The number of hydrogen-bond donors (Lipinski definition) is 1. The van der Waals surface area contributed by atoms with Crippen LogP contribution in [0.3, 0.4) is 0 Å². The van der Waals surface area contributed by atoms with E-state index >= 15 is 0 Å². The van der Waals surface area contributed by atoms with Gasteiger partial charge in [-0.05, 0) is 56.3 Å². The number of rotatable bonds is 6. The van der Waals surface area contributed by atoms with Crippen molar-refractivity contribution in [2.45, 2.75) is 19.4 Å². The summed E-state index contributed by atoms with van der Waals surface area (Å²) in [5.41, 5.74) is 4.06. The SMILES string of the molecule is C[C@H](C(=O)N1CCc2ccccc21)N(C)CC(=O)Nc1ccc(N2CCOCC2)cc1. The molecule has 2 aromatic rings. The molecule has 0 bridgehead atoms. The lowest BCUT2D eigenvalue weighted by Gasteiger charge is -2.29. The Kier molecular flexibility index (Phi) is 6.53. The highest BCUT2D eigenvalue weighted by Crippen LogP contribution is 2.28. The second-order valence-corrected chi connectivity index (χ2v) is 8.15. The Hall–Kier alpha value is -2.90. The number of para-hydroxylation sites is 1. The van der Waals surface area contributed by atoms with Crippen LogP contribution >= 0.6 is 0 Å². The lowest BCUT2D eigenvalue weighted by atomic mass is 10.2. The van der Waals surface area contributed by atoms with Crippen LogP contribution in [0.25, 0.3) is 0 Å². The molecule has 0 unspecified atom stereocenters. The number of nitrogens with zero attached hydrogens (tertiary/aromatic N) is 3. The first-order valence-electron chi connectivity index (χ1n) is 10.8. The number of amides is 2. The molecule has 4 rings (SSSR count). The molecule has 0 spiro atoms. The van der Waals surface area contributed by atoms with Gasteiger partial charge in [0.2, 0.25) is 11.8 Å². The van der Waals surface area contributed by atoms with Gasteiger partial charge in [0.05, 0.1) is 25.8 Å². The number of likely N-dealkylation sites (N-methyl/N-ethyl adjacent to an activating group) is 1. The molecule has 0 aromatic heterocycles. The van der Waals surface area contributed by atoms with Gasteiger partial charge in [0, 0.05) is 36.7 Å². The Labute approximate surface area is 183 Å². The van der Waals surface area contributed by atoms with Crippen molar-refractivity contribution in [3.63, 3.8) is 0 Å². The molecule has 1 N–H and O–H groups in total. The topological polar surface area (TPSA) is 65.1 Å². The molecule has 1 saturated heterocycles. The highest BCUT2D eigenvalue weighted by Gasteiger charge is 2.30. The number of fused-ring (bicyclic) bond motifs is 1. The van der Waals surface area contributed by atoms with Crippen molar-refractivity contribution in [1.29, 1.82) is 0 Å². The second-order valence-electron chi connectivity index (χ2n) is 8.15. The van der Waals surface area contributed by atoms with E-state index in [1.807, 2.05) is 61.3 Å². The molecule has 0 saturated carbocycles. The summed E-state index contributed by atoms with van der Waals surface area (Å²) in [5.74, 6) is -0.113. The molecule has 31 heavy (non-hydrogen) atoms. The summed E-state index contributed by atoms with van der Waals surface area (Å²) in [5, 5.41) is 2.93. The Morgan fingerprint density at radius 1 is 1.06 bits per heavy atom. The summed E-state index contributed by atoms with van der Waals surface area (Å²) < 4.78 is 5.39. The quantitative estimate of drug-likeness (QED) is 0.774. The standard InChI is InChI=1S/C24H30N4O3/c1-18(24(30)28-12-11-19-5-3-4-6-22(19)28)26(2)17-23(29)25-20-7-9-21(10-8-20)27-13-15-31-16-14-27/h3-10,18H,11-17H2,1-2H3,(H,25,29)/t18-/m1/s1. The predicted octanol–water partition coefficient (Wildman–Crippen LogP) is 2.37. The van der Waals surface area contributed by atoms with E-state index < -0.39 is 0 Å². The van der Waals surface area contributed by atoms with E-state index in [-0.39, 0.29) is 24.4 Å². The van der Waals surface area contributed by atoms with Crippen LogP contribution in [0.2, 0.25) is 0 Å². The van der Waals surface area contributed by atoms with Crippen LogP contribution < -0.4 is 15.1 Å². The molecular weight excluding hydrogens is 392 g/mol. The van der Waals surface area contributed by atoms with Gasteiger partial charge in [0.1, 0.15) is 0 Å². The van der Waals surface area contributed by atoms with Gasteiger partial charge in [-0.25, -0.2) is 0 Å². The van der Waals surface area contributed by atoms with Crippen LogP contribution in [0.5, 0.6) is 0 Å². The minimum absolute atomic E-state index is 0.0233. The Balaban J connectivity index is 1.30. The van der Waals surface area contributed by atoms with Crippen molar-refractivity contribution in [1.82, 2.24) is 4.90 Å². The van der Waals surface area contributed by atoms with Crippen LogP contribution in [0, 0.1) is 0 Å². The summed E-state index contributed by atoms with van der Waals surface area (Å²) in [4.78, 5) is 31.5. The van der Waals surface area contributed by atoms with E-state index in [0.29, 0.717) is 6.54 Å². The third-order valence-electron chi connectivity index (χ3n) is 6.09. The number of carbonyl (C=O) groups is 2. The zero-order valence-corrected chi connectivity index (χ0v) is 18.2. The van der Waals surface area contributed by atoms with Gasteiger partial charge in [0.25, 0.3) is 0 Å². The van der Waals surface area contributed by atoms with Gasteiger partial charge in [-0.3, -0.25) is 14.5 Å². The molecule has 2 aromatic carbocycles. The molecule has 2 aliphatic heterocycles. The van der Waals surface area contributed by atoms with Crippen LogP contribution in [-0.4, -0.2) is 69.2 Å². The van der Waals surface area contributed by atoms with Crippen LogP contribution in [0.15, 0.2) is 48.5 Å². The Morgan fingerprint density at radius 3 is 2.52 bits per heavy atom. The molecular formula is C24H30N4O3. The first-order chi connectivity index (χ1) is 15.0. The van der Waals surface area contributed by atoms with E-state index in [4.69, 9.17) is 4.74 Å². The Morgan fingerprint density at radius 2 is 1.77 bits per heavy atom.